The standard InChI is InChI=1S/C12H9N3OS2/c1-7-2-3-8-10(4-7)18-12(14-8)15-11(16)9-5-17-6-13-9/h2-6H,1H3,(H,14,15,16). The molecule has 0 aliphatic heterocycles. The summed E-state index contributed by atoms with van der Waals surface area (Å²) in [4.78, 5) is 20.1. The van der Waals surface area contributed by atoms with Gasteiger partial charge in [-0.1, -0.05) is 17.4 Å². The van der Waals surface area contributed by atoms with Crippen LogP contribution in [0.3, 0.4) is 0 Å². The Morgan fingerprint density at radius 1 is 1.39 bits per heavy atom. The van der Waals surface area contributed by atoms with Crippen LogP contribution in [-0.2, 0) is 0 Å². The van der Waals surface area contributed by atoms with Crippen LogP contribution >= 0.6 is 22.7 Å². The summed E-state index contributed by atoms with van der Waals surface area (Å²) >= 11 is 2.87. The Bertz CT molecular complexity index is 703. The van der Waals surface area contributed by atoms with Gasteiger partial charge in [-0.2, -0.15) is 0 Å². The van der Waals surface area contributed by atoms with Gasteiger partial charge in [-0.05, 0) is 24.6 Å². The van der Waals surface area contributed by atoms with E-state index in [0.717, 1.165) is 10.2 Å². The Hall–Kier alpha value is -1.79. The number of hydrogen-bond acceptors (Lipinski definition) is 5. The molecular formula is C12H9N3OS2. The van der Waals surface area contributed by atoms with Crippen molar-refractivity contribution in [1.82, 2.24) is 9.97 Å². The second-order valence-corrected chi connectivity index (χ2v) is 5.57. The highest BCUT2D eigenvalue weighted by Crippen LogP contribution is 2.26. The van der Waals surface area contributed by atoms with Crippen molar-refractivity contribution in [1.29, 1.82) is 0 Å². The first-order chi connectivity index (χ1) is 8.72. The zero-order valence-corrected chi connectivity index (χ0v) is 11.1. The highest BCUT2D eigenvalue weighted by atomic mass is 32.1. The van der Waals surface area contributed by atoms with Gasteiger partial charge in [0.1, 0.15) is 5.69 Å². The maximum absolute atomic E-state index is 11.8. The number of carbonyl (C=O) groups excluding carboxylic acids is 1. The first kappa shape index (κ1) is 11.3. The number of nitrogens with zero attached hydrogens (tertiary/aromatic N) is 2. The van der Waals surface area contributed by atoms with Crippen molar-refractivity contribution in [2.75, 3.05) is 5.32 Å². The molecule has 0 bridgehead atoms. The van der Waals surface area contributed by atoms with Gasteiger partial charge in [0, 0.05) is 5.38 Å². The summed E-state index contributed by atoms with van der Waals surface area (Å²) in [5.41, 5.74) is 4.15. The smallest absolute Gasteiger partial charge is 0.276 e. The van der Waals surface area contributed by atoms with Crippen LogP contribution in [0.4, 0.5) is 5.13 Å². The van der Waals surface area contributed by atoms with Gasteiger partial charge in [-0.25, -0.2) is 9.97 Å². The molecule has 1 amide bonds. The quantitative estimate of drug-likeness (QED) is 0.780. The predicted octanol–water partition coefficient (Wildman–Crippen LogP) is 3.31. The Labute approximate surface area is 111 Å². The number of aromatic nitrogens is 2. The van der Waals surface area contributed by atoms with Crippen LogP contribution < -0.4 is 5.32 Å². The van der Waals surface area contributed by atoms with E-state index < -0.39 is 0 Å². The van der Waals surface area contributed by atoms with Crippen molar-refractivity contribution in [2.45, 2.75) is 6.92 Å². The lowest BCUT2D eigenvalue weighted by Gasteiger charge is -1.96. The third-order valence-corrected chi connectivity index (χ3v) is 3.95. The van der Waals surface area contributed by atoms with Crippen molar-refractivity contribution in [2.24, 2.45) is 0 Å². The van der Waals surface area contributed by atoms with Gasteiger partial charge < -0.3 is 0 Å². The Balaban J connectivity index is 1.89. The fourth-order valence-corrected chi connectivity index (χ4v) is 3.06. The average Bonchev–Trinajstić information content (AvgIpc) is 2.95. The first-order valence-electron chi connectivity index (χ1n) is 5.29. The topological polar surface area (TPSA) is 54.9 Å². The number of fused-ring (bicyclic) bond motifs is 1. The molecule has 6 heteroatoms. The summed E-state index contributed by atoms with van der Waals surface area (Å²) < 4.78 is 1.07. The number of anilines is 1. The number of hydrogen-bond donors (Lipinski definition) is 1. The van der Waals surface area contributed by atoms with E-state index in [-0.39, 0.29) is 5.91 Å². The van der Waals surface area contributed by atoms with Crippen LogP contribution in [0.2, 0.25) is 0 Å². The SMILES string of the molecule is Cc1ccc2nc(NC(=O)c3cscn3)sc2c1. The molecule has 0 unspecified atom stereocenters. The number of rotatable bonds is 2. The number of nitrogens with one attached hydrogen (secondary N) is 1. The lowest BCUT2D eigenvalue weighted by molar-refractivity contribution is 0.102. The number of carbonyl (C=O) groups is 1. The molecule has 0 saturated heterocycles. The molecule has 0 fully saturated rings. The molecular weight excluding hydrogens is 266 g/mol. The second-order valence-electron chi connectivity index (χ2n) is 3.82. The van der Waals surface area contributed by atoms with Crippen molar-refractivity contribution < 1.29 is 4.79 Å². The van der Waals surface area contributed by atoms with Crippen LogP contribution in [-0.4, -0.2) is 15.9 Å². The van der Waals surface area contributed by atoms with E-state index in [1.807, 2.05) is 19.1 Å². The summed E-state index contributed by atoms with van der Waals surface area (Å²) in [5.74, 6) is -0.216. The van der Waals surface area contributed by atoms with Crippen LogP contribution in [0.25, 0.3) is 10.2 Å². The van der Waals surface area contributed by atoms with Gasteiger partial charge in [0.25, 0.3) is 5.91 Å². The molecule has 90 valence electrons. The molecule has 0 spiro atoms. The summed E-state index contributed by atoms with van der Waals surface area (Å²) in [5, 5.41) is 5.09. The first-order valence-corrected chi connectivity index (χ1v) is 7.05. The predicted molar refractivity (Wildman–Crippen MR) is 74.4 cm³/mol. The average molecular weight is 275 g/mol. The maximum atomic E-state index is 11.8. The minimum Gasteiger partial charge on any atom is -0.296 e. The Morgan fingerprint density at radius 3 is 3.06 bits per heavy atom. The molecule has 3 rings (SSSR count). The molecule has 1 N–H and O–H groups in total. The number of benzene rings is 1. The summed E-state index contributed by atoms with van der Waals surface area (Å²) in [7, 11) is 0. The van der Waals surface area contributed by atoms with Crippen molar-refractivity contribution in [3.63, 3.8) is 0 Å². The minimum atomic E-state index is -0.216. The van der Waals surface area contributed by atoms with E-state index in [0.29, 0.717) is 10.8 Å². The molecule has 18 heavy (non-hydrogen) atoms. The number of amides is 1. The summed E-state index contributed by atoms with van der Waals surface area (Å²) in [6.45, 7) is 2.03. The third-order valence-electron chi connectivity index (χ3n) is 2.43. The molecule has 0 atom stereocenters. The lowest BCUT2D eigenvalue weighted by Crippen LogP contribution is -2.11. The molecule has 1 aromatic carbocycles. The molecule has 2 heterocycles. The second kappa shape index (κ2) is 4.47. The van der Waals surface area contributed by atoms with Crippen LogP contribution in [0, 0.1) is 6.92 Å². The normalized spacial score (nSPS) is 10.7. The molecule has 0 radical (unpaired) electrons. The zero-order chi connectivity index (χ0) is 12.5. The fourth-order valence-electron chi connectivity index (χ4n) is 1.57. The minimum absolute atomic E-state index is 0.216. The fraction of sp³-hybridized carbons (Fsp3) is 0.0833. The van der Waals surface area contributed by atoms with E-state index in [9.17, 15) is 4.79 Å². The summed E-state index contributed by atoms with van der Waals surface area (Å²) in [6.07, 6.45) is 0. The van der Waals surface area contributed by atoms with Gasteiger partial charge in [-0.15, -0.1) is 11.3 Å². The van der Waals surface area contributed by atoms with Gasteiger partial charge in [-0.3, -0.25) is 10.1 Å². The van der Waals surface area contributed by atoms with Crippen molar-refractivity contribution in [3.05, 3.63) is 40.3 Å². The number of thiazole rings is 2. The van der Waals surface area contributed by atoms with Crippen molar-refractivity contribution in [3.8, 4) is 0 Å². The molecule has 0 aliphatic carbocycles. The van der Waals surface area contributed by atoms with E-state index in [2.05, 4.69) is 21.4 Å². The van der Waals surface area contributed by atoms with E-state index in [1.54, 1.807) is 10.9 Å². The van der Waals surface area contributed by atoms with Crippen LogP contribution in [0.5, 0.6) is 0 Å². The maximum Gasteiger partial charge on any atom is 0.276 e. The number of aryl methyl sites for hydroxylation is 1. The van der Waals surface area contributed by atoms with Gasteiger partial charge >= 0.3 is 0 Å². The third kappa shape index (κ3) is 2.12. The van der Waals surface area contributed by atoms with Crippen molar-refractivity contribution >= 4 is 43.9 Å². The van der Waals surface area contributed by atoms with E-state index in [4.69, 9.17) is 0 Å². The van der Waals surface area contributed by atoms with E-state index in [1.165, 1.54) is 28.2 Å². The molecule has 4 nitrogen and oxygen atoms in total. The van der Waals surface area contributed by atoms with Gasteiger partial charge in [0.05, 0.1) is 15.7 Å². The zero-order valence-electron chi connectivity index (χ0n) is 9.51. The highest BCUT2D eigenvalue weighted by molar-refractivity contribution is 7.22. The van der Waals surface area contributed by atoms with Crippen LogP contribution in [0.15, 0.2) is 29.1 Å². The summed E-state index contributed by atoms with van der Waals surface area (Å²) in [6, 6.07) is 6.03. The lowest BCUT2D eigenvalue weighted by atomic mass is 10.2. The van der Waals surface area contributed by atoms with Gasteiger partial charge in [0.15, 0.2) is 5.13 Å². The monoisotopic (exact) mass is 275 g/mol. The highest BCUT2D eigenvalue weighted by Gasteiger charge is 2.11. The molecule has 3 aromatic rings. The van der Waals surface area contributed by atoms with Gasteiger partial charge in [0.2, 0.25) is 0 Å². The Morgan fingerprint density at radius 2 is 2.28 bits per heavy atom. The Kier molecular flexibility index (Phi) is 2.81. The molecule has 0 aliphatic rings. The van der Waals surface area contributed by atoms with E-state index >= 15 is 0 Å². The molecule has 0 saturated carbocycles. The van der Waals surface area contributed by atoms with Crippen LogP contribution in [0.1, 0.15) is 16.1 Å². The largest absolute Gasteiger partial charge is 0.296 e. The molecule has 2 aromatic heterocycles.